The molecule has 0 bridgehead atoms. The number of nitrogens with zero attached hydrogens (tertiary/aromatic N) is 2. The van der Waals surface area contributed by atoms with Crippen LogP contribution in [0.4, 0.5) is 4.79 Å². The molecule has 0 fully saturated rings. The zero-order chi connectivity index (χ0) is 16.2. The Hall–Kier alpha value is -2.05. The number of carboxylic acids is 1. The topological polar surface area (TPSA) is 93.5 Å². The number of aromatic nitrogens is 2. The van der Waals surface area contributed by atoms with Crippen molar-refractivity contribution in [3.8, 4) is 0 Å². The van der Waals surface area contributed by atoms with Crippen molar-refractivity contribution in [3.63, 3.8) is 0 Å². The van der Waals surface area contributed by atoms with Gasteiger partial charge in [-0.05, 0) is 34.6 Å². The summed E-state index contributed by atoms with van der Waals surface area (Å²) in [5.74, 6) is -1.01. The Morgan fingerprint density at radius 2 is 2.05 bits per heavy atom. The number of alkyl carbamates (subject to hydrolysis) is 1. The molecule has 7 heteroatoms. The first kappa shape index (κ1) is 17.0. The van der Waals surface area contributed by atoms with Crippen molar-refractivity contribution in [2.24, 2.45) is 0 Å². The third-order valence-corrected chi connectivity index (χ3v) is 2.62. The number of carbonyl (C=O) groups is 2. The van der Waals surface area contributed by atoms with E-state index in [9.17, 15) is 9.59 Å². The summed E-state index contributed by atoms with van der Waals surface area (Å²) in [5.41, 5.74) is -0.00284. The molecule has 7 nitrogen and oxygen atoms in total. The fraction of sp³-hybridized carbons (Fsp3) is 0.643. The molecular weight excluding hydrogens is 274 g/mol. The fourth-order valence-electron chi connectivity index (χ4n) is 1.69. The molecule has 0 unspecified atom stereocenters. The molecule has 0 aliphatic carbocycles. The monoisotopic (exact) mass is 297 g/mol. The van der Waals surface area contributed by atoms with Crippen LogP contribution in [0.25, 0.3) is 0 Å². The van der Waals surface area contributed by atoms with Crippen LogP contribution >= 0.6 is 0 Å². The van der Waals surface area contributed by atoms with Crippen LogP contribution in [-0.2, 0) is 9.53 Å². The number of hydrogen-bond acceptors (Lipinski definition) is 4. The molecule has 1 amide bonds. The summed E-state index contributed by atoms with van der Waals surface area (Å²) < 4.78 is 6.86. The number of carboxylic acid groups (broad SMARTS) is 1. The van der Waals surface area contributed by atoms with Gasteiger partial charge in [0.15, 0.2) is 0 Å². The molecular formula is C14H23N3O4. The van der Waals surface area contributed by atoms with Crippen molar-refractivity contribution in [1.29, 1.82) is 0 Å². The largest absolute Gasteiger partial charge is 0.481 e. The van der Waals surface area contributed by atoms with Crippen molar-refractivity contribution in [2.75, 3.05) is 0 Å². The Balaban J connectivity index is 2.84. The Labute approximate surface area is 124 Å². The lowest BCUT2D eigenvalue weighted by molar-refractivity contribution is -0.137. The number of nitrogens with one attached hydrogen (secondary N) is 1. The van der Waals surface area contributed by atoms with Crippen LogP contribution < -0.4 is 5.32 Å². The lowest BCUT2D eigenvalue weighted by Crippen LogP contribution is -2.35. The van der Waals surface area contributed by atoms with Gasteiger partial charge < -0.3 is 15.2 Å². The maximum atomic E-state index is 11.8. The number of amides is 1. The highest BCUT2D eigenvalue weighted by Gasteiger charge is 2.23. The summed E-state index contributed by atoms with van der Waals surface area (Å²) in [6, 6.07) is -0.518. The maximum absolute atomic E-state index is 11.8. The van der Waals surface area contributed by atoms with E-state index in [-0.39, 0.29) is 12.5 Å². The highest BCUT2D eigenvalue weighted by molar-refractivity contribution is 5.72. The average Bonchev–Trinajstić information content (AvgIpc) is 2.73. The van der Waals surface area contributed by atoms with Crippen LogP contribution in [0.5, 0.6) is 0 Å². The molecule has 1 atom stereocenters. The molecule has 0 spiro atoms. The van der Waals surface area contributed by atoms with Crippen LogP contribution in [0.1, 0.15) is 58.7 Å². The summed E-state index contributed by atoms with van der Waals surface area (Å²) in [4.78, 5) is 22.8. The zero-order valence-corrected chi connectivity index (χ0v) is 13.1. The minimum Gasteiger partial charge on any atom is -0.481 e. The summed E-state index contributed by atoms with van der Waals surface area (Å²) in [7, 11) is 0. The standard InChI is InChI=1S/C14H23N3O4/c1-9(2)17-8-10(7-15-17)11(6-12(18)19)16-13(20)21-14(3,4)5/h7-9,11H,6H2,1-5H3,(H,16,20)(H,18,19)/t11-/m0/s1. The maximum Gasteiger partial charge on any atom is 0.408 e. The molecule has 0 aliphatic heterocycles. The predicted octanol–water partition coefficient (Wildman–Crippen LogP) is 2.50. The van der Waals surface area contributed by atoms with Crippen molar-refractivity contribution in [2.45, 2.75) is 58.7 Å². The normalized spacial score (nSPS) is 13.0. The van der Waals surface area contributed by atoms with Gasteiger partial charge in [-0.15, -0.1) is 0 Å². The molecule has 1 heterocycles. The Bertz CT molecular complexity index is 503. The molecule has 0 aromatic carbocycles. The van der Waals surface area contributed by atoms with Gasteiger partial charge in [0.2, 0.25) is 0 Å². The van der Waals surface area contributed by atoms with E-state index in [1.807, 2.05) is 13.8 Å². The van der Waals surface area contributed by atoms with Crippen molar-refractivity contribution < 1.29 is 19.4 Å². The summed E-state index contributed by atoms with van der Waals surface area (Å²) in [5, 5.41) is 15.7. The fourth-order valence-corrected chi connectivity index (χ4v) is 1.69. The van der Waals surface area contributed by atoms with Crippen LogP contribution in [0.2, 0.25) is 0 Å². The first-order valence-corrected chi connectivity index (χ1v) is 6.84. The molecule has 1 rings (SSSR count). The van der Waals surface area contributed by atoms with Gasteiger partial charge in [-0.2, -0.15) is 5.10 Å². The van der Waals surface area contributed by atoms with E-state index in [2.05, 4.69) is 10.4 Å². The summed E-state index contributed by atoms with van der Waals surface area (Å²) in [6.45, 7) is 9.16. The predicted molar refractivity (Wildman–Crippen MR) is 77.0 cm³/mol. The van der Waals surface area contributed by atoms with Gasteiger partial charge in [0.1, 0.15) is 5.60 Å². The molecule has 0 saturated heterocycles. The van der Waals surface area contributed by atoms with E-state index in [4.69, 9.17) is 9.84 Å². The van der Waals surface area contributed by atoms with Gasteiger partial charge in [0.25, 0.3) is 0 Å². The van der Waals surface area contributed by atoms with E-state index in [0.29, 0.717) is 5.56 Å². The molecule has 2 N–H and O–H groups in total. The van der Waals surface area contributed by atoms with E-state index in [1.54, 1.807) is 37.8 Å². The van der Waals surface area contributed by atoms with Gasteiger partial charge in [0.05, 0.1) is 18.7 Å². The van der Waals surface area contributed by atoms with E-state index < -0.39 is 23.7 Å². The van der Waals surface area contributed by atoms with Crippen LogP contribution in [-0.4, -0.2) is 32.6 Å². The minimum absolute atomic E-state index is 0.158. The Morgan fingerprint density at radius 1 is 1.43 bits per heavy atom. The van der Waals surface area contributed by atoms with Gasteiger partial charge in [0, 0.05) is 17.8 Å². The number of ether oxygens (including phenoxy) is 1. The number of aliphatic carboxylic acids is 1. The SMILES string of the molecule is CC(C)n1cc([C@H](CC(=O)O)NC(=O)OC(C)(C)C)cn1. The Morgan fingerprint density at radius 3 is 2.48 bits per heavy atom. The van der Waals surface area contributed by atoms with Gasteiger partial charge >= 0.3 is 12.1 Å². The van der Waals surface area contributed by atoms with E-state index in [1.165, 1.54) is 0 Å². The lowest BCUT2D eigenvalue weighted by Gasteiger charge is -2.22. The first-order chi connectivity index (χ1) is 9.58. The minimum atomic E-state index is -1.01. The molecule has 0 radical (unpaired) electrons. The summed E-state index contributed by atoms with van der Waals surface area (Å²) >= 11 is 0. The highest BCUT2D eigenvalue weighted by atomic mass is 16.6. The molecule has 1 aromatic rings. The quantitative estimate of drug-likeness (QED) is 0.871. The van der Waals surface area contributed by atoms with Gasteiger partial charge in [-0.25, -0.2) is 4.79 Å². The number of carbonyl (C=O) groups excluding carboxylic acids is 1. The van der Waals surface area contributed by atoms with Gasteiger partial charge in [-0.3, -0.25) is 9.48 Å². The third-order valence-electron chi connectivity index (χ3n) is 2.62. The number of hydrogen-bond donors (Lipinski definition) is 2. The Kier molecular flexibility index (Phi) is 5.34. The second-order valence-electron chi connectivity index (χ2n) is 6.14. The summed E-state index contributed by atoms with van der Waals surface area (Å²) in [6.07, 6.45) is 2.41. The second-order valence-corrected chi connectivity index (χ2v) is 6.14. The van der Waals surface area contributed by atoms with Crippen LogP contribution in [0.15, 0.2) is 12.4 Å². The average molecular weight is 297 g/mol. The smallest absolute Gasteiger partial charge is 0.408 e. The zero-order valence-electron chi connectivity index (χ0n) is 13.1. The molecule has 0 saturated carbocycles. The van der Waals surface area contributed by atoms with Crippen LogP contribution in [0.3, 0.4) is 0 Å². The molecule has 0 aliphatic rings. The van der Waals surface area contributed by atoms with E-state index >= 15 is 0 Å². The van der Waals surface area contributed by atoms with E-state index in [0.717, 1.165) is 0 Å². The second kappa shape index (κ2) is 6.60. The van der Waals surface area contributed by atoms with Crippen molar-refractivity contribution >= 4 is 12.1 Å². The van der Waals surface area contributed by atoms with Crippen molar-refractivity contribution in [3.05, 3.63) is 18.0 Å². The number of rotatable bonds is 5. The molecule has 21 heavy (non-hydrogen) atoms. The molecule has 118 valence electrons. The first-order valence-electron chi connectivity index (χ1n) is 6.84. The van der Waals surface area contributed by atoms with Crippen LogP contribution in [0, 0.1) is 0 Å². The highest BCUT2D eigenvalue weighted by Crippen LogP contribution is 2.19. The third kappa shape index (κ3) is 5.85. The molecule has 1 aromatic heterocycles. The lowest BCUT2D eigenvalue weighted by atomic mass is 10.1. The van der Waals surface area contributed by atoms with Crippen molar-refractivity contribution in [1.82, 2.24) is 15.1 Å². The van der Waals surface area contributed by atoms with Gasteiger partial charge in [-0.1, -0.05) is 0 Å².